The van der Waals surface area contributed by atoms with E-state index in [9.17, 15) is 4.79 Å². The van der Waals surface area contributed by atoms with Crippen molar-refractivity contribution in [2.45, 2.75) is 32.9 Å². The molecule has 1 heterocycles. The molecule has 0 bridgehead atoms. The minimum atomic E-state index is -0.445. The van der Waals surface area contributed by atoms with Crippen molar-refractivity contribution in [3.63, 3.8) is 0 Å². The first-order valence-electron chi connectivity index (χ1n) is 4.59. The molecular formula is C9H15N3O2. The summed E-state index contributed by atoms with van der Waals surface area (Å²) in [5.74, 6) is 0.473. The number of nitrogens with two attached hydrogens (primary N) is 1. The number of aryl methyl sites for hydroxylation is 1. The average Bonchev–Trinajstić information content (AvgIpc) is 2.59. The summed E-state index contributed by atoms with van der Waals surface area (Å²) < 4.78 is 4.92. The van der Waals surface area contributed by atoms with E-state index < -0.39 is 6.04 Å². The summed E-state index contributed by atoms with van der Waals surface area (Å²) in [4.78, 5) is 11.3. The van der Waals surface area contributed by atoms with Crippen LogP contribution >= 0.6 is 0 Å². The van der Waals surface area contributed by atoms with Crippen molar-refractivity contribution in [3.8, 4) is 0 Å². The van der Waals surface area contributed by atoms with Crippen LogP contribution in [-0.4, -0.2) is 17.1 Å². The average molecular weight is 197 g/mol. The highest BCUT2D eigenvalue weighted by molar-refractivity contribution is 5.81. The number of nitrogens with zero attached hydrogens (tertiary/aromatic N) is 1. The first-order chi connectivity index (χ1) is 6.63. The zero-order chi connectivity index (χ0) is 10.6. The number of nitrogens with one attached hydrogen (secondary N) is 1. The predicted octanol–water partition coefficient (Wildman–Crippen LogP) is 0.337. The lowest BCUT2D eigenvalue weighted by Gasteiger charge is -2.07. The third kappa shape index (κ3) is 2.85. The molecule has 78 valence electrons. The van der Waals surface area contributed by atoms with E-state index in [0.29, 0.717) is 18.7 Å². The molecule has 0 fully saturated rings. The number of carbonyl (C=O) groups excluding carboxylic acids is 1. The smallest absolute Gasteiger partial charge is 0.237 e. The molecule has 1 aromatic rings. The van der Waals surface area contributed by atoms with Gasteiger partial charge in [0.25, 0.3) is 0 Å². The van der Waals surface area contributed by atoms with E-state index in [-0.39, 0.29) is 5.91 Å². The Balaban J connectivity index is 2.37. The van der Waals surface area contributed by atoms with E-state index in [1.165, 1.54) is 0 Å². The molecule has 5 nitrogen and oxygen atoms in total. The minimum absolute atomic E-state index is 0.165. The zero-order valence-corrected chi connectivity index (χ0v) is 8.41. The van der Waals surface area contributed by atoms with Gasteiger partial charge in [0.1, 0.15) is 0 Å². The van der Waals surface area contributed by atoms with E-state index in [4.69, 9.17) is 10.3 Å². The number of rotatable bonds is 4. The van der Waals surface area contributed by atoms with Crippen molar-refractivity contribution in [2.24, 2.45) is 5.73 Å². The lowest BCUT2D eigenvalue weighted by molar-refractivity contribution is -0.122. The van der Waals surface area contributed by atoms with Gasteiger partial charge in [0, 0.05) is 6.07 Å². The summed E-state index contributed by atoms with van der Waals surface area (Å²) in [6.45, 7) is 4.03. The van der Waals surface area contributed by atoms with Crippen molar-refractivity contribution >= 4 is 5.91 Å². The van der Waals surface area contributed by atoms with Crippen LogP contribution in [0.1, 0.15) is 24.8 Å². The van der Waals surface area contributed by atoms with Crippen molar-refractivity contribution in [1.29, 1.82) is 0 Å². The quantitative estimate of drug-likeness (QED) is 0.729. The Hall–Kier alpha value is -1.36. The van der Waals surface area contributed by atoms with Gasteiger partial charge in [0.15, 0.2) is 5.76 Å². The Kier molecular flexibility index (Phi) is 3.64. The summed E-state index contributed by atoms with van der Waals surface area (Å²) in [6.07, 6.45) is 0.626. The summed E-state index contributed by atoms with van der Waals surface area (Å²) in [5.41, 5.74) is 6.33. The predicted molar refractivity (Wildman–Crippen MR) is 51.4 cm³/mol. The highest BCUT2D eigenvalue weighted by Crippen LogP contribution is 2.01. The topological polar surface area (TPSA) is 81.2 Å². The first-order valence-corrected chi connectivity index (χ1v) is 4.59. The molecule has 1 rings (SSSR count). The van der Waals surface area contributed by atoms with Gasteiger partial charge in [-0.15, -0.1) is 0 Å². The molecule has 0 spiro atoms. The van der Waals surface area contributed by atoms with Crippen LogP contribution in [0, 0.1) is 6.92 Å². The number of aromatic nitrogens is 1. The molecule has 3 N–H and O–H groups in total. The van der Waals surface area contributed by atoms with Gasteiger partial charge in [-0.3, -0.25) is 4.79 Å². The number of amides is 1. The third-order valence-electron chi connectivity index (χ3n) is 1.89. The molecule has 5 heteroatoms. The highest BCUT2D eigenvalue weighted by atomic mass is 16.5. The second-order valence-corrected chi connectivity index (χ2v) is 3.17. The van der Waals surface area contributed by atoms with Crippen LogP contribution in [0.3, 0.4) is 0 Å². The molecule has 1 atom stereocenters. The maximum atomic E-state index is 11.3. The highest BCUT2D eigenvalue weighted by Gasteiger charge is 2.10. The van der Waals surface area contributed by atoms with Gasteiger partial charge in [-0.2, -0.15) is 0 Å². The Morgan fingerprint density at radius 1 is 1.79 bits per heavy atom. The van der Waals surface area contributed by atoms with Crippen molar-refractivity contribution in [2.75, 3.05) is 0 Å². The Morgan fingerprint density at radius 3 is 3.00 bits per heavy atom. The van der Waals surface area contributed by atoms with E-state index in [1.54, 1.807) is 6.07 Å². The minimum Gasteiger partial charge on any atom is -0.359 e. The van der Waals surface area contributed by atoms with E-state index >= 15 is 0 Å². The van der Waals surface area contributed by atoms with Crippen LogP contribution < -0.4 is 11.1 Å². The van der Waals surface area contributed by atoms with Crippen molar-refractivity contribution < 1.29 is 9.32 Å². The van der Waals surface area contributed by atoms with Gasteiger partial charge in [0.2, 0.25) is 5.91 Å². The van der Waals surface area contributed by atoms with Gasteiger partial charge >= 0.3 is 0 Å². The van der Waals surface area contributed by atoms with Gasteiger partial charge in [-0.05, 0) is 13.3 Å². The monoisotopic (exact) mass is 197 g/mol. The largest absolute Gasteiger partial charge is 0.359 e. The molecule has 0 aliphatic carbocycles. The number of hydrogen-bond acceptors (Lipinski definition) is 4. The van der Waals surface area contributed by atoms with Crippen LogP contribution in [0.25, 0.3) is 0 Å². The second kappa shape index (κ2) is 4.76. The van der Waals surface area contributed by atoms with Gasteiger partial charge in [-0.25, -0.2) is 0 Å². The first kappa shape index (κ1) is 10.7. The maximum absolute atomic E-state index is 11.3. The van der Waals surface area contributed by atoms with E-state index in [2.05, 4.69) is 10.5 Å². The lowest BCUT2D eigenvalue weighted by Crippen LogP contribution is -2.39. The fourth-order valence-corrected chi connectivity index (χ4v) is 0.990. The molecule has 0 aromatic carbocycles. The molecule has 1 amide bonds. The molecule has 0 saturated carbocycles. The van der Waals surface area contributed by atoms with Gasteiger partial charge < -0.3 is 15.6 Å². The standard InChI is InChI=1S/C9H15N3O2/c1-3-8(10)9(13)11-5-7-4-6(2)12-14-7/h4,8H,3,5,10H2,1-2H3,(H,11,13)/t8-/m0/s1. The number of hydrogen-bond donors (Lipinski definition) is 2. The molecule has 0 aliphatic heterocycles. The molecule has 14 heavy (non-hydrogen) atoms. The maximum Gasteiger partial charge on any atom is 0.237 e. The molecule has 1 aromatic heterocycles. The second-order valence-electron chi connectivity index (χ2n) is 3.17. The summed E-state index contributed by atoms with van der Waals surface area (Å²) in [6, 6.07) is 1.33. The van der Waals surface area contributed by atoms with E-state index in [1.807, 2.05) is 13.8 Å². The fourth-order valence-electron chi connectivity index (χ4n) is 0.990. The molecule has 0 saturated heterocycles. The Labute approximate surface area is 82.6 Å². The molecule has 0 radical (unpaired) electrons. The SMILES string of the molecule is CC[C@H](N)C(=O)NCc1cc(C)no1. The summed E-state index contributed by atoms with van der Waals surface area (Å²) in [7, 11) is 0. The van der Waals surface area contributed by atoms with Crippen LogP contribution in [0.2, 0.25) is 0 Å². The normalized spacial score (nSPS) is 12.5. The Bertz CT molecular complexity index is 309. The molecule has 0 aliphatic rings. The van der Waals surface area contributed by atoms with Gasteiger partial charge in [0.05, 0.1) is 18.3 Å². The van der Waals surface area contributed by atoms with Crippen LogP contribution in [0.15, 0.2) is 10.6 Å². The third-order valence-corrected chi connectivity index (χ3v) is 1.89. The van der Waals surface area contributed by atoms with Crippen molar-refractivity contribution in [3.05, 3.63) is 17.5 Å². The van der Waals surface area contributed by atoms with Crippen LogP contribution in [0.5, 0.6) is 0 Å². The molecular weight excluding hydrogens is 182 g/mol. The van der Waals surface area contributed by atoms with Gasteiger partial charge in [-0.1, -0.05) is 12.1 Å². The fraction of sp³-hybridized carbons (Fsp3) is 0.556. The zero-order valence-electron chi connectivity index (χ0n) is 8.41. The summed E-state index contributed by atoms with van der Waals surface area (Å²) in [5, 5.41) is 6.37. The lowest BCUT2D eigenvalue weighted by atomic mass is 10.2. The van der Waals surface area contributed by atoms with Crippen LogP contribution in [0.4, 0.5) is 0 Å². The van der Waals surface area contributed by atoms with E-state index in [0.717, 1.165) is 5.69 Å². The van der Waals surface area contributed by atoms with Crippen molar-refractivity contribution in [1.82, 2.24) is 10.5 Å². The molecule has 0 unspecified atom stereocenters. The van der Waals surface area contributed by atoms with Crippen LogP contribution in [-0.2, 0) is 11.3 Å². The summed E-state index contributed by atoms with van der Waals surface area (Å²) >= 11 is 0. The Morgan fingerprint density at radius 2 is 2.50 bits per heavy atom. The number of carbonyl (C=O) groups is 1.